The van der Waals surface area contributed by atoms with Crippen molar-refractivity contribution in [3.05, 3.63) is 75.2 Å². The van der Waals surface area contributed by atoms with Crippen LogP contribution in [0.25, 0.3) is 0 Å². The van der Waals surface area contributed by atoms with Gasteiger partial charge in [-0.2, -0.15) is 4.98 Å². The molecule has 0 bridgehead atoms. The zero-order chi connectivity index (χ0) is 20.3. The highest BCUT2D eigenvalue weighted by molar-refractivity contribution is 6.30. The maximum atomic E-state index is 12.3. The Morgan fingerprint density at radius 1 is 1.21 bits per heavy atom. The van der Waals surface area contributed by atoms with E-state index in [4.69, 9.17) is 16.3 Å². The van der Waals surface area contributed by atoms with Crippen LogP contribution in [-0.2, 0) is 6.54 Å². The van der Waals surface area contributed by atoms with Crippen LogP contribution in [0, 0.1) is 6.92 Å². The van der Waals surface area contributed by atoms with Crippen LogP contribution in [0.15, 0.2) is 53.5 Å². The molecular weight excluding hydrogens is 376 g/mol. The second-order valence-electron chi connectivity index (χ2n) is 6.66. The van der Waals surface area contributed by atoms with Crippen molar-refractivity contribution in [3.8, 4) is 5.75 Å². The summed E-state index contributed by atoms with van der Waals surface area (Å²) in [6.07, 6.45) is 1.66. The van der Waals surface area contributed by atoms with Gasteiger partial charge in [0.2, 0.25) is 11.7 Å². The maximum absolute atomic E-state index is 12.3. The molecule has 0 aliphatic rings. The summed E-state index contributed by atoms with van der Waals surface area (Å²) in [5, 5.41) is 3.95. The number of methoxy groups -OCH3 is 1. The van der Waals surface area contributed by atoms with Gasteiger partial charge in [0.25, 0.3) is 0 Å². The molecule has 3 aromatic rings. The second kappa shape index (κ2) is 8.35. The first-order valence-corrected chi connectivity index (χ1v) is 9.20. The summed E-state index contributed by atoms with van der Waals surface area (Å²) in [4.78, 5) is 18.5. The monoisotopic (exact) mass is 398 g/mol. The molecule has 28 heavy (non-hydrogen) atoms. The molecule has 0 saturated heterocycles. The number of hydrogen-bond donors (Lipinski definition) is 1. The molecule has 0 spiro atoms. The zero-order valence-electron chi connectivity index (χ0n) is 16.4. The number of nitrogens with one attached hydrogen (secondary N) is 1. The summed E-state index contributed by atoms with van der Waals surface area (Å²) in [7, 11) is 5.44. The molecule has 3 rings (SSSR count). The third-order valence-electron chi connectivity index (χ3n) is 4.46. The van der Waals surface area contributed by atoms with E-state index in [9.17, 15) is 4.79 Å². The van der Waals surface area contributed by atoms with E-state index in [0.29, 0.717) is 17.5 Å². The molecule has 0 aliphatic carbocycles. The Balaban J connectivity index is 2.04. The molecule has 1 N–H and O–H groups in total. The van der Waals surface area contributed by atoms with Crippen molar-refractivity contribution in [2.45, 2.75) is 13.5 Å². The Bertz CT molecular complexity index is 1050. The van der Waals surface area contributed by atoms with Crippen LogP contribution in [0.4, 0.5) is 17.3 Å². The van der Waals surface area contributed by atoms with Gasteiger partial charge in [0.05, 0.1) is 19.9 Å². The van der Waals surface area contributed by atoms with Gasteiger partial charge in [-0.25, -0.2) is 0 Å². The van der Waals surface area contributed by atoms with Crippen LogP contribution in [0.5, 0.6) is 5.75 Å². The molecule has 0 atom stereocenters. The number of aromatic nitrogens is 2. The average molecular weight is 399 g/mol. The smallest absolute Gasteiger partial charge is 0.316 e. The highest BCUT2D eigenvalue weighted by Gasteiger charge is 2.12. The summed E-state index contributed by atoms with van der Waals surface area (Å²) >= 11 is 6.11. The van der Waals surface area contributed by atoms with Gasteiger partial charge < -0.3 is 19.5 Å². The van der Waals surface area contributed by atoms with Crippen LogP contribution in [-0.4, -0.2) is 30.8 Å². The van der Waals surface area contributed by atoms with E-state index in [1.807, 2.05) is 73.0 Å². The molecule has 0 amide bonds. The fourth-order valence-corrected chi connectivity index (χ4v) is 3.24. The minimum absolute atomic E-state index is 0.186. The van der Waals surface area contributed by atoms with Crippen LogP contribution in [0.2, 0.25) is 5.02 Å². The second-order valence-corrected chi connectivity index (χ2v) is 7.10. The van der Waals surface area contributed by atoms with Crippen molar-refractivity contribution in [2.24, 2.45) is 0 Å². The summed E-state index contributed by atoms with van der Waals surface area (Å²) < 4.78 is 7.01. The number of benzene rings is 2. The van der Waals surface area contributed by atoms with E-state index in [2.05, 4.69) is 10.3 Å². The Morgan fingerprint density at radius 3 is 2.64 bits per heavy atom. The van der Waals surface area contributed by atoms with Gasteiger partial charge in [-0.15, -0.1) is 0 Å². The lowest BCUT2D eigenvalue weighted by Crippen LogP contribution is -2.19. The fraction of sp³-hybridized carbons (Fsp3) is 0.238. The molecule has 0 fully saturated rings. The first-order chi connectivity index (χ1) is 13.4. The van der Waals surface area contributed by atoms with E-state index in [-0.39, 0.29) is 5.75 Å². The minimum Gasteiger partial charge on any atom is -0.490 e. The fourth-order valence-electron chi connectivity index (χ4n) is 3.03. The topological polar surface area (TPSA) is 59.4 Å². The van der Waals surface area contributed by atoms with Crippen molar-refractivity contribution >= 4 is 28.9 Å². The molecule has 7 heteroatoms. The van der Waals surface area contributed by atoms with Crippen molar-refractivity contribution in [3.63, 3.8) is 0 Å². The zero-order valence-corrected chi connectivity index (χ0v) is 17.1. The number of rotatable bonds is 6. The largest absolute Gasteiger partial charge is 0.490 e. The number of anilines is 3. The molecule has 146 valence electrons. The van der Waals surface area contributed by atoms with Gasteiger partial charge in [-0.05, 0) is 42.3 Å². The van der Waals surface area contributed by atoms with Crippen molar-refractivity contribution in [1.29, 1.82) is 0 Å². The van der Waals surface area contributed by atoms with E-state index >= 15 is 0 Å². The van der Waals surface area contributed by atoms with Gasteiger partial charge >= 0.3 is 5.56 Å². The highest BCUT2D eigenvalue weighted by atomic mass is 35.5. The third-order valence-corrected chi connectivity index (χ3v) is 4.69. The summed E-state index contributed by atoms with van der Waals surface area (Å²) in [5.41, 5.74) is 3.59. The van der Waals surface area contributed by atoms with Crippen molar-refractivity contribution < 1.29 is 4.74 Å². The summed E-state index contributed by atoms with van der Waals surface area (Å²) in [6, 6.07) is 13.5. The van der Waals surface area contributed by atoms with Gasteiger partial charge in [0.15, 0.2) is 0 Å². The maximum Gasteiger partial charge on any atom is 0.316 e. The van der Waals surface area contributed by atoms with E-state index < -0.39 is 5.56 Å². The van der Waals surface area contributed by atoms with E-state index in [1.165, 1.54) is 7.11 Å². The van der Waals surface area contributed by atoms with Gasteiger partial charge in [-0.1, -0.05) is 29.8 Å². The molecule has 0 radical (unpaired) electrons. The minimum atomic E-state index is -0.422. The first-order valence-electron chi connectivity index (χ1n) is 8.83. The molecule has 6 nitrogen and oxygen atoms in total. The Hall–Kier alpha value is -2.99. The Kier molecular flexibility index (Phi) is 5.90. The summed E-state index contributed by atoms with van der Waals surface area (Å²) in [5.74, 6) is 0.621. The lowest BCUT2D eigenvalue weighted by molar-refractivity contribution is 0.402. The molecule has 0 unspecified atom stereocenters. The van der Waals surface area contributed by atoms with Gasteiger partial charge in [0, 0.05) is 30.5 Å². The number of hydrogen-bond acceptors (Lipinski definition) is 5. The predicted octanol–water partition coefficient (Wildman–Crippen LogP) is 4.07. The van der Waals surface area contributed by atoms with Crippen molar-refractivity contribution in [2.75, 3.05) is 31.4 Å². The lowest BCUT2D eigenvalue weighted by Gasteiger charge is -2.20. The predicted molar refractivity (Wildman–Crippen MR) is 114 cm³/mol. The number of halogens is 1. The van der Waals surface area contributed by atoms with Gasteiger partial charge in [0.1, 0.15) is 0 Å². The van der Waals surface area contributed by atoms with Crippen LogP contribution >= 0.6 is 11.6 Å². The van der Waals surface area contributed by atoms with Crippen LogP contribution < -0.4 is 20.5 Å². The quantitative estimate of drug-likeness (QED) is 0.678. The van der Waals surface area contributed by atoms with Gasteiger partial charge in [-0.3, -0.25) is 4.79 Å². The highest BCUT2D eigenvalue weighted by Crippen LogP contribution is 2.27. The van der Waals surface area contributed by atoms with Crippen LogP contribution in [0.1, 0.15) is 11.1 Å². The molecule has 0 aliphatic heterocycles. The standard InChI is InChI=1S/C21H23ClN4O2/c1-14-17(9-6-10-18(14)25(2)3)23-21-24-20(27)19(28-4)13-26(21)12-15-7-5-8-16(22)11-15/h5-11,13H,12H2,1-4H3,(H,23,24,27). The Morgan fingerprint density at radius 2 is 1.96 bits per heavy atom. The molecule has 1 aromatic heterocycles. The SMILES string of the molecule is COc1cn(Cc2cccc(Cl)c2)c(Nc2cccc(N(C)C)c2C)nc1=O. The average Bonchev–Trinajstić information content (AvgIpc) is 2.65. The molecule has 1 heterocycles. The number of nitrogens with zero attached hydrogens (tertiary/aromatic N) is 3. The molecule has 2 aromatic carbocycles. The summed E-state index contributed by atoms with van der Waals surface area (Å²) in [6.45, 7) is 2.51. The van der Waals surface area contributed by atoms with E-state index in [1.54, 1.807) is 6.20 Å². The lowest BCUT2D eigenvalue weighted by atomic mass is 10.1. The molecule has 0 saturated carbocycles. The first kappa shape index (κ1) is 19.8. The van der Waals surface area contributed by atoms with E-state index in [0.717, 1.165) is 22.5 Å². The normalized spacial score (nSPS) is 10.6. The molecular formula is C21H23ClN4O2. The Labute approximate surface area is 169 Å². The van der Waals surface area contributed by atoms with Crippen molar-refractivity contribution in [1.82, 2.24) is 9.55 Å². The third kappa shape index (κ3) is 4.28. The van der Waals surface area contributed by atoms with Crippen LogP contribution in [0.3, 0.4) is 0 Å². The number of ether oxygens (including phenoxy) is 1.